The van der Waals surface area contributed by atoms with Crippen LogP contribution in [0.3, 0.4) is 0 Å². The van der Waals surface area contributed by atoms with Gasteiger partial charge in [0.05, 0.1) is 5.69 Å². The molecule has 1 aromatic rings. The van der Waals surface area contributed by atoms with Gasteiger partial charge in [0.25, 0.3) is 0 Å². The number of imide groups is 1. The summed E-state index contributed by atoms with van der Waals surface area (Å²) in [7, 11) is 0. The van der Waals surface area contributed by atoms with Crippen molar-refractivity contribution in [2.24, 2.45) is 11.1 Å². The first-order valence-electron chi connectivity index (χ1n) is 6.47. The fourth-order valence-electron chi connectivity index (χ4n) is 2.45. The van der Waals surface area contributed by atoms with E-state index in [-0.39, 0.29) is 22.2 Å². The molecule has 0 spiro atoms. The minimum absolute atomic E-state index is 0.172. The Morgan fingerprint density at radius 2 is 1.80 bits per heavy atom. The van der Waals surface area contributed by atoms with E-state index in [1.807, 2.05) is 26.8 Å². The number of nitrogens with zero attached hydrogens (tertiary/aromatic N) is 1. The summed E-state index contributed by atoms with van der Waals surface area (Å²) in [4.78, 5) is 26.1. The van der Waals surface area contributed by atoms with Crippen LogP contribution in [0.25, 0.3) is 0 Å². The summed E-state index contributed by atoms with van der Waals surface area (Å²) in [6.45, 7) is 5.72. The third-order valence-corrected chi connectivity index (χ3v) is 3.73. The average Bonchev–Trinajstić information content (AvgIpc) is 2.28. The van der Waals surface area contributed by atoms with E-state index in [9.17, 15) is 9.59 Å². The lowest BCUT2D eigenvalue weighted by atomic mass is 9.81. The van der Waals surface area contributed by atoms with E-state index in [1.54, 1.807) is 12.1 Å². The van der Waals surface area contributed by atoms with Crippen molar-refractivity contribution in [2.75, 3.05) is 4.90 Å². The highest BCUT2D eigenvalue weighted by atomic mass is 32.1. The highest BCUT2D eigenvalue weighted by Crippen LogP contribution is 2.35. The van der Waals surface area contributed by atoms with Gasteiger partial charge in [0.1, 0.15) is 4.99 Å². The molecule has 0 radical (unpaired) electrons. The van der Waals surface area contributed by atoms with E-state index in [4.69, 9.17) is 18.0 Å². The van der Waals surface area contributed by atoms with E-state index in [2.05, 4.69) is 0 Å². The molecular formula is C15H18N2O2S. The van der Waals surface area contributed by atoms with Crippen molar-refractivity contribution in [3.05, 3.63) is 29.3 Å². The Morgan fingerprint density at radius 3 is 2.30 bits per heavy atom. The zero-order valence-electron chi connectivity index (χ0n) is 11.9. The molecule has 0 unspecified atom stereocenters. The van der Waals surface area contributed by atoms with Gasteiger partial charge < -0.3 is 5.73 Å². The molecule has 106 valence electrons. The molecule has 0 saturated carbocycles. The SMILES string of the molecule is Cc1ccc(C(N)=S)cc1N1C(=O)CC(C)(C)CC1=O. The molecule has 4 nitrogen and oxygen atoms in total. The van der Waals surface area contributed by atoms with Gasteiger partial charge in [-0.05, 0) is 24.0 Å². The van der Waals surface area contributed by atoms with Crippen molar-refractivity contribution in [1.29, 1.82) is 0 Å². The summed E-state index contributed by atoms with van der Waals surface area (Å²) >= 11 is 4.95. The standard InChI is InChI=1S/C15H18N2O2S/c1-9-4-5-10(14(16)20)6-11(9)17-12(18)7-15(2,3)8-13(17)19/h4-6H,7-8H2,1-3H3,(H2,16,20). The fraction of sp³-hybridized carbons (Fsp3) is 0.400. The Kier molecular flexibility index (Phi) is 3.65. The lowest BCUT2D eigenvalue weighted by molar-refractivity contribution is -0.132. The topological polar surface area (TPSA) is 63.4 Å². The summed E-state index contributed by atoms with van der Waals surface area (Å²) in [5, 5.41) is 0. The molecular weight excluding hydrogens is 272 g/mol. The molecule has 1 heterocycles. The van der Waals surface area contributed by atoms with Gasteiger partial charge in [-0.25, -0.2) is 0 Å². The van der Waals surface area contributed by atoms with Crippen LogP contribution < -0.4 is 10.6 Å². The van der Waals surface area contributed by atoms with Crippen LogP contribution in [-0.2, 0) is 9.59 Å². The second-order valence-corrected chi connectivity index (χ2v) is 6.45. The van der Waals surface area contributed by atoms with E-state index in [1.165, 1.54) is 4.90 Å². The zero-order valence-corrected chi connectivity index (χ0v) is 12.7. The van der Waals surface area contributed by atoms with Gasteiger partial charge in [-0.2, -0.15) is 0 Å². The van der Waals surface area contributed by atoms with Crippen LogP contribution in [0.1, 0.15) is 37.8 Å². The number of nitrogens with two attached hydrogens (primary N) is 1. The van der Waals surface area contributed by atoms with Crippen LogP contribution in [0.15, 0.2) is 18.2 Å². The Bertz CT molecular complexity index is 588. The molecule has 2 N–H and O–H groups in total. The summed E-state index contributed by atoms with van der Waals surface area (Å²) in [5.41, 5.74) is 7.43. The van der Waals surface area contributed by atoms with Crippen LogP contribution in [0.2, 0.25) is 0 Å². The van der Waals surface area contributed by atoms with E-state index in [0.29, 0.717) is 24.1 Å². The number of rotatable bonds is 2. The largest absolute Gasteiger partial charge is 0.389 e. The third kappa shape index (κ3) is 2.72. The molecule has 1 aliphatic rings. The average molecular weight is 290 g/mol. The number of carbonyl (C=O) groups excluding carboxylic acids is 2. The Morgan fingerprint density at radius 1 is 1.25 bits per heavy atom. The molecule has 0 aromatic heterocycles. The molecule has 1 fully saturated rings. The number of aryl methyl sites for hydroxylation is 1. The minimum atomic E-state index is -0.278. The molecule has 2 amide bonds. The fourth-order valence-corrected chi connectivity index (χ4v) is 2.58. The van der Waals surface area contributed by atoms with Gasteiger partial charge in [-0.3, -0.25) is 14.5 Å². The lowest BCUT2D eigenvalue weighted by Gasteiger charge is -2.35. The van der Waals surface area contributed by atoms with Crippen LogP contribution >= 0.6 is 12.2 Å². The minimum Gasteiger partial charge on any atom is -0.389 e. The maximum atomic E-state index is 12.3. The molecule has 0 aliphatic carbocycles. The smallest absolute Gasteiger partial charge is 0.234 e. The molecule has 20 heavy (non-hydrogen) atoms. The number of benzene rings is 1. The first-order valence-corrected chi connectivity index (χ1v) is 6.88. The predicted molar refractivity (Wildman–Crippen MR) is 82.6 cm³/mol. The van der Waals surface area contributed by atoms with Gasteiger partial charge in [-0.15, -0.1) is 0 Å². The number of amides is 2. The van der Waals surface area contributed by atoms with Gasteiger partial charge in [-0.1, -0.05) is 38.2 Å². The van der Waals surface area contributed by atoms with E-state index >= 15 is 0 Å². The van der Waals surface area contributed by atoms with Crippen molar-refractivity contribution in [3.63, 3.8) is 0 Å². The number of carbonyl (C=O) groups is 2. The summed E-state index contributed by atoms with van der Waals surface area (Å²) in [6.07, 6.45) is 0.713. The maximum absolute atomic E-state index is 12.3. The summed E-state index contributed by atoms with van der Waals surface area (Å²) in [6, 6.07) is 5.33. The highest BCUT2D eigenvalue weighted by molar-refractivity contribution is 7.80. The Hall–Kier alpha value is -1.75. The van der Waals surface area contributed by atoms with Gasteiger partial charge in [0, 0.05) is 18.4 Å². The first-order chi connectivity index (χ1) is 9.21. The third-order valence-electron chi connectivity index (χ3n) is 3.49. The number of hydrogen-bond acceptors (Lipinski definition) is 3. The van der Waals surface area contributed by atoms with Crippen LogP contribution in [-0.4, -0.2) is 16.8 Å². The Labute approximate surface area is 123 Å². The number of piperidine rings is 1. The predicted octanol–water partition coefficient (Wildman–Crippen LogP) is 2.31. The molecule has 0 atom stereocenters. The van der Waals surface area contributed by atoms with Crippen molar-refractivity contribution in [3.8, 4) is 0 Å². The number of hydrogen-bond donors (Lipinski definition) is 1. The van der Waals surface area contributed by atoms with E-state index < -0.39 is 0 Å². The van der Waals surface area contributed by atoms with Crippen molar-refractivity contribution >= 4 is 34.7 Å². The van der Waals surface area contributed by atoms with Gasteiger partial charge >= 0.3 is 0 Å². The molecule has 1 saturated heterocycles. The van der Waals surface area contributed by atoms with Crippen LogP contribution in [0.4, 0.5) is 5.69 Å². The van der Waals surface area contributed by atoms with Crippen LogP contribution in [0, 0.1) is 12.3 Å². The summed E-state index contributed by atoms with van der Waals surface area (Å²) < 4.78 is 0. The molecule has 1 aliphatic heterocycles. The summed E-state index contributed by atoms with van der Waals surface area (Å²) in [5.74, 6) is -0.344. The molecule has 5 heteroatoms. The molecule has 1 aromatic carbocycles. The zero-order chi connectivity index (χ0) is 15.1. The normalized spacial score (nSPS) is 18.2. The quantitative estimate of drug-likeness (QED) is 0.670. The van der Waals surface area contributed by atoms with Crippen molar-refractivity contribution in [2.45, 2.75) is 33.6 Å². The first kappa shape index (κ1) is 14.7. The van der Waals surface area contributed by atoms with Gasteiger partial charge in [0.15, 0.2) is 0 Å². The molecule has 2 rings (SSSR count). The van der Waals surface area contributed by atoms with E-state index in [0.717, 1.165) is 5.56 Å². The lowest BCUT2D eigenvalue weighted by Crippen LogP contribution is -2.46. The number of thiocarbonyl (C=S) groups is 1. The number of anilines is 1. The maximum Gasteiger partial charge on any atom is 0.234 e. The Balaban J connectivity index is 2.46. The highest BCUT2D eigenvalue weighted by Gasteiger charge is 2.38. The van der Waals surface area contributed by atoms with Crippen molar-refractivity contribution < 1.29 is 9.59 Å². The second kappa shape index (κ2) is 4.98. The van der Waals surface area contributed by atoms with Gasteiger partial charge in [0.2, 0.25) is 11.8 Å². The molecule has 0 bridgehead atoms. The monoisotopic (exact) mass is 290 g/mol. The van der Waals surface area contributed by atoms with Crippen LogP contribution in [0.5, 0.6) is 0 Å². The van der Waals surface area contributed by atoms with Crippen molar-refractivity contribution in [1.82, 2.24) is 0 Å². The second-order valence-electron chi connectivity index (χ2n) is 6.01.